The SMILES string of the molecule is COC(=O)c1c(OC(=O)c2ccc(OC)cc2)ccc(OC(=O)c2ccc(OC)cc2)c1C(=O)OC. The van der Waals surface area contributed by atoms with E-state index in [-0.39, 0.29) is 22.6 Å². The lowest BCUT2D eigenvalue weighted by Crippen LogP contribution is -2.19. The van der Waals surface area contributed by atoms with Crippen molar-refractivity contribution >= 4 is 23.9 Å². The normalized spacial score (nSPS) is 10.1. The van der Waals surface area contributed by atoms with Gasteiger partial charge in [-0.1, -0.05) is 0 Å². The lowest BCUT2D eigenvalue weighted by Gasteiger charge is -2.16. The van der Waals surface area contributed by atoms with Crippen LogP contribution in [0.2, 0.25) is 0 Å². The molecule has 0 unspecified atom stereocenters. The van der Waals surface area contributed by atoms with Crippen LogP contribution in [0.1, 0.15) is 41.4 Å². The van der Waals surface area contributed by atoms with Gasteiger partial charge in [-0.15, -0.1) is 0 Å². The van der Waals surface area contributed by atoms with Gasteiger partial charge in [-0.3, -0.25) is 0 Å². The minimum absolute atomic E-state index is 0.154. The fourth-order valence-corrected chi connectivity index (χ4v) is 3.12. The standard InChI is InChI=1S/C26H22O10/c1-31-17-9-5-15(6-10-17)23(27)35-19-13-14-20(22(26(30)34-4)21(19)25(29)33-3)36-24(28)16-7-11-18(32-2)12-8-16/h5-14H,1-4H3. The van der Waals surface area contributed by atoms with Gasteiger partial charge < -0.3 is 28.4 Å². The summed E-state index contributed by atoms with van der Waals surface area (Å²) in [6, 6.07) is 14.5. The maximum absolute atomic E-state index is 12.7. The van der Waals surface area contributed by atoms with Crippen molar-refractivity contribution in [1.82, 2.24) is 0 Å². The van der Waals surface area contributed by atoms with Crippen molar-refractivity contribution in [3.63, 3.8) is 0 Å². The molecule has 3 rings (SSSR count). The van der Waals surface area contributed by atoms with Gasteiger partial charge in [0, 0.05) is 0 Å². The minimum Gasteiger partial charge on any atom is -0.497 e. The van der Waals surface area contributed by atoms with Gasteiger partial charge in [-0.25, -0.2) is 19.2 Å². The topological polar surface area (TPSA) is 124 Å². The van der Waals surface area contributed by atoms with Crippen molar-refractivity contribution in [3.05, 3.63) is 82.9 Å². The molecule has 10 nitrogen and oxygen atoms in total. The monoisotopic (exact) mass is 494 g/mol. The Labute approximate surface area is 206 Å². The molecule has 0 aliphatic rings. The molecule has 0 aliphatic heterocycles. The lowest BCUT2D eigenvalue weighted by atomic mass is 10.0. The molecule has 0 amide bonds. The number of hydrogen-bond donors (Lipinski definition) is 0. The molecular weight excluding hydrogens is 472 g/mol. The van der Waals surface area contributed by atoms with Crippen LogP contribution < -0.4 is 18.9 Å². The van der Waals surface area contributed by atoms with Crippen LogP contribution in [0, 0.1) is 0 Å². The number of esters is 4. The van der Waals surface area contributed by atoms with E-state index in [1.807, 2.05) is 0 Å². The maximum Gasteiger partial charge on any atom is 0.343 e. The third kappa shape index (κ3) is 5.61. The number of ether oxygens (including phenoxy) is 6. The van der Waals surface area contributed by atoms with Gasteiger partial charge in [0.2, 0.25) is 0 Å². The highest BCUT2D eigenvalue weighted by Crippen LogP contribution is 2.33. The van der Waals surface area contributed by atoms with Crippen LogP contribution in [0.15, 0.2) is 60.7 Å². The molecule has 0 aromatic heterocycles. The fourth-order valence-electron chi connectivity index (χ4n) is 3.12. The maximum atomic E-state index is 12.7. The molecular formula is C26H22O10. The third-order valence-corrected chi connectivity index (χ3v) is 4.96. The number of methoxy groups -OCH3 is 4. The Morgan fingerprint density at radius 1 is 0.472 bits per heavy atom. The van der Waals surface area contributed by atoms with Gasteiger partial charge in [-0.2, -0.15) is 0 Å². The highest BCUT2D eigenvalue weighted by molar-refractivity contribution is 6.08. The molecule has 0 saturated carbocycles. The van der Waals surface area contributed by atoms with Crippen LogP contribution in [-0.4, -0.2) is 52.3 Å². The van der Waals surface area contributed by atoms with Crippen molar-refractivity contribution in [1.29, 1.82) is 0 Å². The van der Waals surface area contributed by atoms with Crippen LogP contribution in [-0.2, 0) is 9.47 Å². The first-order valence-electron chi connectivity index (χ1n) is 10.4. The Balaban J connectivity index is 2.02. The summed E-state index contributed by atoms with van der Waals surface area (Å²) in [5, 5.41) is 0. The fraction of sp³-hybridized carbons (Fsp3) is 0.154. The number of rotatable bonds is 8. The second kappa shape index (κ2) is 11.5. The average Bonchev–Trinajstić information content (AvgIpc) is 2.92. The molecule has 0 spiro atoms. The minimum atomic E-state index is -1.02. The Bertz CT molecular complexity index is 1180. The largest absolute Gasteiger partial charge is 0.497 e. The van der Waals surface area contributed by atoms with E-state index in [2.05, 4.69) is 0 Å². The molecule has 0 aliphatic carbocycles. The van der Waals surface area contributed by atoms with Gasteiger partial charge in [0.25, 0.3) is 0 Å². The Hall–Kier alpha value is -4.86. The summed E-state index contributed by atoms with van der Waals surface area (Å²) in [5.74, 6) is -3.22. The van der Waals surface area contributed by atoms with Crippen LogP contribution in [0.4, 0.5) is 0 Å². The van der Waals surface area contributed by atoms with Gasteiger partial charge in [0.05, 0.1) is 39.6 Å². The van der Waals surface area contributed by atoms with E-state index >= 15 is 0 Å². The Morgan fingerprint density at radius 3 is 1.08 bits per heavy atom. The molecule has 0 saturated heterocycles. The predicted molar refractivity (Wildman–Crippen MR) is 125 cm³/mol. The van der Waals surface area contributed by atoms with Crippen molar-refractivity contribution in [2.24, 2.45) is 0 Å². The summed E-state index contributed by atoms with van der Waals surface area (Å²) in [7, 11) is 5.11. The number of hydrogen-bond acceptors (Lipinski definition) is 10. The quantitative estimate of drug-likeness (QED) is 0.338. The number of carbonyl (C=O) groups is 4. The molecule has 0 heterocycles. The van der Waals surface area contributed by atoms with E-state index in [9.17, 15) is 19.2 Å². The summed E-state index contributed by atoms with van der Waals surface area (Å²) in [4.78, 5) is 50.7. The molecule has 3 aromatic carbocycles. The highest BCUT2D eigenvalue weighted by atomic mass is 16.6. The first-order valence-corrected chi connectivity index (χ1v) is 10.4. The average molecular weight is 494 g/mol. The van der Waals surface area contributed by atoms with E-state index < -0.39 is 35.0 Å². The summed E-state index contributed by atoms with van der Waals surface area (Å²) in [6.45, 7) is 0. The lowest BCUT2D eigenvalue weighted by molar-refractivity contribution is 0.0538. The molecule has 36 heavy (non-hydrogen) atoms. The van der Waals surface area contributed by atoms with Gasteiger partial charge in [-0.05, 0) is 60.7 Å². The zero-order chi connectivity index (χ0) is 26.2. The Kier molecular flexibility index (Phi) is 8.24. The molecule has 0 bridgehead atoms. The molecule has 186 valence electrons. The first kappa shape index (κ1) is 25.8. The van der Waals surface area contributed by atoms with Crippen molar-refractivity contribution in [2.45, 2.75) is 0 Å². The predicted octanol–water partition coefficient (Wildman–Crippen LogP) is 3.72. The molecule has 0 N–H and O–H groups in total. The van der Waals surface area contributed by atoms with Crippen molar-refractivity contribution in [3.8, 4) is 23.0 Å². The van der Waals surface area contributed by atoms with Crippen LogP contribution in [0.3, 0.4) is 0 Å². The summed E-state index contributed by atoms with van der Waals surface area (Å²) in [5.41, 5.74) is -0.597. The van der Waals surface area contributed by atoms with E-state index in [0.717, 1.165) is 14.2 Å². The summed E-state index contributed by atoms with van der Waals surface area (Å²) in [6.07, 6.45) is 0. The zero-order valence-electron chi connectivity index (χ0n) is 19.9. The molecule has 0 radical (unpaired) electrons. The van der Waals surface area contributed by atoms with Crippen molar-refractivity contribution in [2.75, 3.05) is 28.4 Å². The zero-order valence-corrected chi connectivity index (χ0v) is 19.9. The second-order valence-electron chi connectivity index (χ2n) is 7.03. The Morgan fingerprint density at radius 2 is 0.806 bits per heavy atom. The molecule has 3 aromatic rings. The van der Waals surface area contributed by atoms with Gasteiger partial charge >= 0.3 is 23.9 Å². The smallest absolute Gasteiger partial charge is 0.343 e. The van der Waals surface area contributed by atoms with Gasteiger partial charge in [0.15, 0.2) is 0 Å². The van der Waals surface area contributed by atoms with E-state index in [0.29, 0.717) is 11.5 Å². The van der Waals surface area contributed by atoms with Crippen LogP contribution >= 0.6 is 0 Å². The highest BCUT2D eigenvalue weighted by Gasteiger charge is 2.30. The van der Waals surface area contributed by atoms with E-state index in [4.69, 9.17) is 28.4 Å². The summed E-state index contributed by atoms with van der Waals surface area (Å²) < 4.78 is 30.5. The number of benzene rings is 3. The first-order chi connectivity index (χ1) is 17.3. The third-order valence-electron chi connectivity index (χ3n) is 4.96. The number of carbonyl (C=O) groups excluding carboxylic acids is 4. The van der Waals surface area contributed by atoms with Crippen molar-refractivity contribution < 1.29 is 47.6 Å². The molecule has 0 fully saturated rings. The van der Waals surface area contributed by atoms with Crippen LogP contribution in [0.5, 0.6) is 23.0 Å². The second-order valence-corrected chi connectivity index (χ2v) is 7.03. The van der Waals surface area contributed by atoms with Crippen LogP contribution in [0.25, 0.3) is 0 Å². The molecule has 10 heteroatoms. The van der Waals surface area contributed by atoms with Gasteiger partial charge in [0.1, 0.15) is 34.1 Å². The summed E-state index contributed by atoms with van der Waals surface area (Å²) >= 11 is 0. The molecule has 0 atom stereocenters. The van der Waals surface area contributed by atoms with E-state index in [1.54, 1.807) is 24.3 Å². The van der Waals surface area contributed by atoms with E-state index in [1.165, 1.54) is 50.6 Å².